The van der Waals surface area contributed by atoms with Crippen LogP contribution >= 0.6 is 0 Å². The molecule has 0 aliphatic heterocycles. The van der Waals surface area contributed by atoms with Gasteiger partial charge in [0.2, 0.25) is 5.91 Å². The lowest BCUT2D eigenvalue weighted by Crippen LogP contribution is -2.46. The van der Waals surface area contributed by atoms with E-state index in [-0.39, 0.29) is 5.91 Å². The molecule has 0 aromatic heterocycles. The number of hydrogen-bond donors (Lipinski definition) is 1. The molecule has 0 saturated carbocycles. The molecule has 0 aliphatic carbocycles. The number of nitrogens with two attached hydrogens (primary N) is 1. The summed E-state index contributed by atoms with van der Waals surface area (Å²) in [6, 6.07) is 9.53. The van der Waals surface area contributed by atoms with Crippen molar-refractivity contribution in [1.82, 2.24) is 4.90 Å². The third kappa shape index (κ3) is 4.97. The van der Waals surface area contributed by atoms with Crippen molar-refractivity contribution in [2.75, 3.05) is 13.1 Å². The van der Waals surface area contributed by atoms with E-state index in [1.807, 2.05) is 42.2 Å². The predicted octanol–water partition coefficient (Wildman–Crippen LogP) is 2.84. The molecule has 20 heavy (non-hydrogen) atoms. The van der Waals surface area contributed by atoms with E-state index in [1.165, 1.54) is 0 Å². The summed E-state index contributed by atoms with van der Waals surface area (Å²) in [6.07, 6.45) is 2.82. The third-order valence-corrected chi connectivity index (χ3v) is 3.94. The molecule has 0 bridgehead atoms. The molecule has 3 heteroatoms. The summed E-state index contributed by atoms with van der Waals surface area (Å²) in [6.45, 7) is 7.94. The average molecular weight is 276 g/mol. The van der Waals surface area contributed by atoms with Gasteiger partial charge in [0.25, 0.3) is 0 Å². The molecule has 0 radical (unpaired) electrons. The zero-order valence-corrected chi connectivity index (χ0v) is 13.0. The number of hydrogen-bond acceptors (Lipinski definition) is 2. The lowest BCUT2D eigenvalue weighted by molar-refractivity contribution is -0.133. The molecule has 1 atom stereocenters. The van der Waals surface area contributed by atoms with Gasteiger partial charge in [-0.25, -0.2) is 0 Å². The van der Waals surface area contributed by atoms with Gasteiger partial charge < -0.3 is 10.6 Å². The van der Waals surface area contributed by atoms with Crippen molar-refractivity contribution in [2.45, 2.75) is 46.1 Å². The molecular weight excluding hydrogens is 248 g/mol. The first-order valence-corrected chi connectivity index (χ1v) is 7.70. The van der Waals surface area contributed by atoms with Crippen LogP contribution in [0.1, 0.15) is 39.2 Å². The Labute approximate surface area is 123 Å². The summed E-state index contributed by atoms with van der Waals surface area (Å²) in [5, 5.41) is 0. The van der Waals surface area contributed by atoms with Gasteiger partial charge in [-0.3, -0.25) is 4.79 Å². The summed E-state index contributed by atoms with van der Waals surface area (Å²) >= 11 is 0. The molecule has 1 amide bonds. The van der Waals surface area contributed by atoms with Crippen LogP contribution in [0.15, 0.2) is 30.3 Å². The Balaban J connectivity index is 2.61. The maximum absolute atomic E-state index is 12.4. The number of likely N-dealkylation sites (N-methyl/N-ethyl adjacent to an activating group) is 1. The third-order valence-electron chi connectivity index (χ3n) is 3.94. The number of benzene rings is 1. The normalized spacial score (nSPS) is 12.4. The lowest BCUT2D eigenvalue weighted by atomic mass is 10.0. The first-order chi connectivity index (χ1) is 9.62. The minimum absolute atomic E-state index is 0.0725. The Bertz CT molecular complexity index is 387. The topological polar surface area (TPSA) is 46.3 Å². The van der Waals surface area contributed by atoms with Crippen LogP contribution in [0.25, 0.3) is 0 Å². The average Bonchev–Trinajstić information content (AvgIpc) is 2.49. The molecule has 1 rings (SSSR count). The molecule has 1 aromatic rings. The van der Waals surface area contributed by atoms with Crippen molar-refractivity contribution in [2.24, 2.45) is 11.7 Å². The van der Waals surface area contributed by atoms with Crippen molar-refractivity contribution < 1.29 is 4.79 Å². The molecule has 0 saturated heterocycles. The van der Waals surface area contributed by atoms with Gasteiger partial charge in [0.05, 0.1) is 6.04 Å². The fraction of sp³-hybridized carbons (Fsp3) is 0.588. The van der Waals surface area contributed by atoms with Crippen LogP contribution in [0.3, 0.4) is 0 Å². The van der Waals surface area contributed by atoms with Gasteiger partial charge in [-0.05, 0) is 24.8 Å². The second kappa shape index (κ2) is 8.75. The quantitative estimate of drug-likeness (QED) is 0.793. The highest BCUT2D eigenvalue weighted by Crippen LogP contribution is 2.11. The van der Waals surface area contributed by atoms with Crippen LogP contribution < -0.4 is 5.73 Å². The minimum Gasteiger partial charge on any atom is -0.341 e. The molecular formula is C17H28N2O. The zero-order chi connectivity index (χ0) is 15.0. The standard InChI is InChI=1S/C17H28N2O/c1-4-14(5-2)13-19(6-3)17(20)16(18)12-15-10-8-7-9-11-15/h7-11,14,16H,4-6,12-13,18H2,1-3H3/t16-/m1/s1. The van der Waals surface area contributed by atoms with Gasteiger partial charge in [-0.15, -0.1) is 0 Å². The monoisotopic (exact) mass is 276 g/mol. The van der Waals surface area contributed by atoms with E-state index in [0.717, 1.165) is 31.5 Å². The second-order valence-corrected chi connectivity index (χ2v) is 5.36. The van der Waals surface area contributed by atoms with Crippen LogP contribution in [0.5, 0.6) is 0 Å². The molecule has 1 aromatic carbocycles. The summed E-state index contributed by atoms with van der Waals surface area (Å²) in [5.41, 5.74) is 7.21. The Morgan fingerprint density at radius 3 is 2.25 bits per heavy atom. The largest absolute Gasteiger partial charge is 0.341 e. The Kier molecular flexibility index (Phi) is 7.31. The van der Waals surface area contributed by atoms with E-state index in [1.54, 1.807) is 0 Å². The molecule has 0 spiro atoms. The number of nitrogens with zero attached hydrogens (tertiary/aromatic N) is 1. The highest BCUT2D eigenvalue weighted by atomic mass is 16.2. The van der Waals surface area contributed by atoms with Crippen LogP contribution in [-0.4, -0.2) is 29.9 Å². The van der Waals surface area contributed by atoms with E-state index >= 15 is 0 Å². The van der Waals surface area contributed by atoms with E-state index in [4.69, 9.17) is 5.73 Å². The fourth-order valence-electron chi connectivity index (χ4n) is 2.42. The number of amides is 1. The highest BCUT2D eigenvalue weighted by molar-refractivity contribution is 5.82. The van der Waals surface area contributed by atoms with E-state index in [9.17, 15) is 4.79 Å². The van der Waals surface area contributed by atoms with Crippen LogP contribution in [0, 0.1) is 5.92 Å². The van der Waals surface area contributed by atoms with Crippen molar-refractivity contribution in [3.8, 4) is 0 Å². The molecule has 0 unspecified atom stereocenters. The van der Waals surface area contributed by atoms with Crippen molar-refractivity contribution in [3.63, 3.8) is 0 Å². The first kappa shape index (κ1) is 16.7. The van der Waals surface area contributed by atoms with Gasteiger partial charge >= 0.3 is 0 Å². The first-order valence-electron chi connectivity index (χ1n) is 7.70. The lowest BCUT2D eigenvalue weighted by Gasteiger charge is -2.28. The van der Waals surface area contributed by atoms with Gasteiger partial charge in [-0.1, -0.05) is 57.0 Å². The fourth-order valence-corrected chi connectivity index (χ4v) is 2.42. The Hall–Kier alpha value is -1.35. The molecule has 3 nitrogen and oxygen atoms in total. The zero-order valence-electron chi connectivity index (χ0n) is 13.0. The van der Waals surface area contributed by atoms with E-state index in [0.29, 0.717) is 12.3 Å². The minimum atomic E-state index is -0.438. The van der Waals surface area contributed by atoms with Gasteiger partial charge in [0, 0.05) is 13.1 Å². The number of rotatable bonds is 8. The molecule has 2 N–H and O–H groups in total. The maximum Gasteiger partial charge on any atom is 0.239 e. The van der Waals surface area contributed by atoms with Crippen LogP contribution in [-0.2, 0) is 11.2 Å². The van der Waals surface area contributed by atoms with Crippen molar-refractivity contribution in [1.29, 1.82) is 0 Å². The predicted molar refractivity (Wildman–Crippen MR) is 84.4 cm³/mol. The van der Waals surface area contributed by atoms with E-state index < -0.39 is 6.04 Å². The van der Waals surface area contributed by atoms with Gasteiger partial charge in [-0.2, -0.15) is 0 Å². The SMILES string of the molecule is CCC(CC)CN(CC)C(=O)[C@H](N)Cc1ccccc1. The summed E-state index contributed by atoms with van der Waals surface area (Å²) in [4.78, 5) is 14.4. The Morgan fingerprint density at radius 1 is 1.15 bits per heavy atom. The van der Waals surface area contributed by atoms with Gasteiger partial charge in [0.1, 0.15) is 0 Å². The van der Waals surface area contributed by atoms with Crippen LogP contribution in [0.2, 0.25) is 0 Å². The molecule has 0 heterocycles. The number of carbonyl (C=O) groups excluding carboxylic acids is 1. The molecule has 112 valence electrons. The molecule has 0 fully saturated rings. The van der Waals surface area contributed by atoms with Crippen LogP contribution in [0.4, 0.5) is 0 Å². The van der Waals surface area contributed by atoms with Gasteiger partial charge in [0.15, 0.2) is 0 Å². The van der Waals surface area contributed by atoms with E-state index in [2.05, 4.69) is 13.8 Å². The molecule has 0 aliphatic rings. The smallest absolute Gasteiger partial charge is 0.239 e. The summed E-state index contributed by atoms with van der Waals surface area (Å²) in [5.74, 6) is 0.645. The summed E-state index contributed by atoms with van der Waals surface area (Å²) < 4.78 is 0. The van der Waals surface area contributed by atoms with Crippen molar-refractivity contribution in [3.05, 3.63) is 35.9 Å². The number of carbonyl (C=O) groups is 1. The maximum atomic E-state index is 12.4. The Morgan fingerprint density at radius 2 is 1.75 bits per heavy atom. The second-order valence-electron chi connectivity index (χ2n) is 5.36. The van der Waals surface area contributed by atoms with Crippen molar-refractivity contribution >= 4 is 5.91 Å². The highest BCUT2D eigenvalue weighted by Gasteiger charge is 2.21. The summed E-state index contributed by atoms with van der Waals surface area (Å²) in [7, 11) is 0.